The number of nitrogens with one attached hydrogen (secondary N) is 1. The van der Waals surface area contributed by atoms with Crippen molar-refractivity contribution in [2.45, 2.75) is 26.3 Å². The van der Waals surface area contributed by atoms with Gasteiger partial charge < -0.3 is 10.2 Å². The molecule has 1 aliphatic rings. The lowest BCUT2D eigenvalue weighted by Gasteiger charge is -2.35. The molecule has 1 aromatic rings. The average molecular weight is 232 g/mol. The van der Waals surface area contributed by atoms with Crippen molar-refractivity contribution in [1.82, 2.24) is 5.32 Å². The number of hydrogen-bond acceptors (Lipinski definition) is 2. The first-order chi connectivity index (χ1) is 7.91. The van der Waals surface area contributed by atoms with Crippen molar-refractivity contribution in [2.24, 2.45) is 0 Å². The van der Waals surface area contributed by atoms with Gasteiger partial charge in [-0.15, -0.1) is 0 Å². The van der Waals surface area contributed by atoms with Crippen molar-refractivity contribution in [3.8, 4) is 0 Å². The predicted molar refractivity (Wildman–Crippen MR) is 66.0 cm³/mol. The highest BCUT2D eigenvalue weighted by Crippen LogP contribution is 2.28. The Hall–Kier alpha value is -1.84. The number of anilines is 1. The van der Waals surface area contributed by atoms with E-state index < -0.39 is 0 Å². The van der Waals surface area contributed by atoms with E-state index in [9.17, 15) is 9.59 Å². The van der Waals surface area contributed by atoms with Crippen LogP contribution in [0.15, 0.2) is 24.3 Å². The summed E-state index contributed by atoms with van der Waals surface area (Å²) >= 11 is 0. The molecule has 0 spiro atoms. The van der Waals surface area contributed by atoms with E-state index in [2.05, 4.69) is 5.32 Å². The molecule has 0 aromatic heterocycles. The zero-order valence-corrected chi connectivity index (χ0v) is 10.3. The number of nitrogens with zero attached hydrogens (tertiary/aromatic N) is 1. The van der Waals surface area contributed by atoms with Crippen LogP contribution < -0.4 is 10.2 Å². The zero-order chi connectivity index (χ0) is 12.6. The van der Waals surface area contributed by atoms with Crippen LogP contribution in [0.2, 0.25) is 0 Å². The van der Waals surface area contributed by atoms with Crippen molar-refractivity contribution in [2.75, 3.05) is 11.4 Å². The number of amides is 2. The van der Waals surface area contributed by atoms with Gasteiger partial charge in [0.05, 0.1) is 17.8 Å². The second-order valence-electron chi connectivity index (χ2n) is 5.10. The van der Waals surface area contributed by atoms with Gasteiger partial charge in [-0.1, -0.05) is 12.1 Å². The fourth-order valence-electron chi connectivity index (χ4n) is 2.06. The Morgan fingerprint density at radius 3 is 2.47 bits per heavy atom. The van der Waals surface area contributed by atoms with E-state index in [1.807, 2.05) is 32.9 Å². The van der Waals surface area contributed by atoms with Crippen molar-refractivity contribution in [1.29, 1.82) is 0 Å². The van der Waals surface area contributed by atoms with Gasteiger partial charge >= 0.3 is 0 Å². The van der Waals surface area contributed by atoms with Gasteiger partial charge in [0.15, 0.2) is 0 Å². The average Bonchev–Trinajstić information content (AvgIpc) is 2.36. The summed E-state index contributed by atoms with van der Waals surface area (Å²) in [5, 5.41) is 2.62. The SMILES string of the molecule is CC(C)(C)N1C(=O)CNC(=O)c2ccccc21. The van der Waals surface area contributed by atoms with Gasteiger partial charge in [0, 0.05) is 5.54 Å². The predicted octanol–water partition coefficient (Wildman–Crippen LogP) is 1.56. The second-order valence-corrected chi connectivity index (χ2v) is 5.10. The van der Waals surface area contributed by atoms with Gasteiger partial charge in [-0.25, -0.2) is 0 Å². The van der Waals surface area contributed by atoms with E-state index in [4.69, 9.17) is 0 Å². The molecule has 2 rings (SSSR count). The lowest BCUT2D eigenvalue weighted by Crippen LogP contribution is -2.48. The molecular weight excluding hydrogens is 216 g/mol. The molecule has 90 valence electrons. The molecule has 2 amide bonds. The van der Waals surface area contributed by atoms with Gasteiger partial charge in [0.25, 0.3) is 5.91 Å². The van der Waals surface area contributed by atoms with Crippen molar-refractivity contribution < 1.29 is 9.59 Å². The zero-order valence-electron chi connectivity index (χ0n) is 10.3. The summed E-state index contributed by atoms with van der Waals surface area (Å²) < 4.78 is 0. The van der Waals surface area contributed by atoms with Crippen LogP contribution in [0.5, 0.6) is 0 Å². The summed E-state index contributed by atoms with van der Waals surface area (Å²) in [5.41, 5.74) is 0.882. The molecule has 0 aliphatic carbocycles. The molecule has 1 N–H and O–H groups in total. The van der Waals surface area contributed by atoms with Gasteiger partial charge in [0.1, 0.15) is 0 Å². The first kappa shape index (κ1) is 11.6. The molecule has 1 aliphatic heterocycles. The summed E-state index contributed by atoms with van der Waals surface area (Å²) in [7, 11) is 0. The van der Waals surface area contributed by atoms with Crippen LogP contribution in [0.1, 0.15) is 31.1 Å². The molecule has 1 heterocycles. The van der Waals surface area contributed by atoms with E-state index >= 15 is 0 Å². The van der Waals surface area contributed by atoms with Crippen LogP contribution in [0.4, 0.5) is 5.69 Å². The van der Waals surface area contributed by atoms with E-state index in [0.29, 0.717) is 11.3 Å². The van der Waals surface area contributed by atoms with E-state index in [-0.39, 0.29) is 23.9 Å². The number of hydrogen-bond donors (Lipinski definition) is 1. The molecule has 0 bridgehead atoms. The highest BCUT2D eigenvalue weighted by atomic mass is 16.2. The molecular formula is C13H16N2O2. The number of carbonyl (C=O) groups excluding carboxylic acids is 2. The number of carbonyl (C=O) groups is 2. The minimum Gasteiger partial charge on any atom is -0.343 e. The lowest BCUT2D eigenvalue weighted by molar-refractivity contribution is -0.118. The van der Waals surface area contributed by atoms with Crippen LogP contribution in [0.25, 0.3) is 0 Å². The third-order valence-corrected chi connectivity index (χ3v) is 2.71. The Morgan fingerprint density at radius 2 is 1.82 bits per heavy atom. The molecule has 0 unspecified atom stereocenters. The summed E-state index contributed by atoms with van der Waals surface area (Å²) in [4.78, 5) is 25.6. The maximum absolute atomic E-state index is 12.1. The summed E-state index contributed by atoms with van der Waals surface area (Å²) in [6.07, 6.45) is 0. The van der Waals surface area contributed by atoms with Crippen LogP contribution in [0.3, 0.4) is 0 Å². The fourth-order valence-corrected chi connectivity index (χ4v) is 2.06. The van der Waals surface area contributed by atoms with Gasteiger partial charge in [-0.05, 0) is 32.9 Å². The lowest BCUT2D eigenvalue weighted by atomic mass is 10.0. The standard InChI is InChI=1S/C13H16N2O2/c1-13(2,3)15-10-7-5-4-6-9(10)12(17)14-8-11(15)16/h4-7H,8H2,1-3H3,(H,14,17). The third-order valence-electron chi connectivity index (χ3n) is 2.71. The molecule has 17 heavy (non-hydrogen) atoms. The Kier molecular flexibility index (Phi) is 2.65. The molecule has 0 radical (unpaired) electrons. The summed E-state index contributed by atoms with van der Waals surface area (Å²) in [5.74, 6) is -0.281. The third kappa shape index (κ3) is 2.02. The fraction of sp³-hybridized carbons (Fsp3) is 0.385. The highest BCUT2D eigenvalue weighted by Gasteiger charge is 2.33. The number of rotatable bonds is 0. The van der Waals surface area contributed by atoms with Crippen molar-refractivity contribution >= 4 is 17.5 Å². The van der Waals surface area contributed by atoms with Crippen LogP contribution in [0, 0.1) is 0 Å². The van der Waals surface area contributed by atoms with Gasteiger partial charge in [-0.3, -0.25) is 9.59 Å². The van der Waals surface area contributed by atoms with Crippen LogP contribution >= 0.6 is 0 Å². The van der Waals surface area contributed by atoms with Crippen molar-refractivity contribution in [3.05, 3.63) is 29.8 Å². The topological polar surface area (TPSA) is 49.4 Å². The quantitative estimate of drug-likeness (QED) is 0.738. The van der Waals surface area contributed by atoms with Gasteiger partial charge in [-0.2, -0.15) is 0 Å². The number of para-hydroxylation sites is 1. The molecule has 1 aromatic carbocycles. The normalized spacial score (nSPS) is 16.3. The Morgan fingerprint density at radius 1 is 1.18 bits per heavy atom. The van der Waals surface area contributed by atoms with Crippen molar-refractivity contribution in [3.63, 3.8) is 0 Å². The van der Waals surface area contributed by atoms with E-state index in [1.54, 1.807) is 17.0 Å². The minimum absolute atomic E-state index is 0.0464. The van der Waals surface area contributed by atoms with E-state index in [0.717, 1.165) is 0 Å². The Balaban J connectivity index is 2.62. The minimum atomic E-state index is -0.348. The maximum Gasteiger partial charge on any atom is 0.253 e. The monoisotopic (exact) mass is 232 g/mol. The Bertz CT molecular complexity index is 475. The second kappa shape index (κ2) is 3.87. The summed E-state index contributed by atoms with van der Waals surface area (Å²) in [6, 6.07) is 7.18. The number of benzene rings is 1. The first-order valence-electron chi connectivity index (χ1n) is 5.61. The molecule has 0 saturated heterocycles. The largest absolute Gasteiger partial charge is 0.343 e. The Labute approximate surface area is 101 Å². The van der Waals surface area contributed by atoms with Gasteiger partial charge in [0.2, 0.25) is 5.91 Å². The smallest absolute Gasteiger partial charge is 0.253 e. The van der Waals surface area contributed by atoms with Crippen LogP contribution in [-0.4, -0.2) is 23.9 Å². The number of fused-ring (bicyclic) bond motifs is 1. The summed E-state index contributed by atoms with van der Waals surface area (Å²) in [6.45, 7) is 5.91. The molecule has 0 fully saturated rings. The molecule has 0 atom stereocenters. The highest BCUT2D eigenvalue weighted by molar-refractivity contribution is 6.10. The maximum atomic E-state index is 12.1. The molecule has 4 heteroatoms. The first-order valence-corrected chi connectivity index (χ1v) is 5.61. The molecule has 4 nitrogen and oxygen atoms in total. The molecule has 0 saturated carbocycles. The van der Waals surface area contributed by atoms with E-state index in [1.165, 1.54) is 0 Å². The van der Waals surface area contributed by atoms with Crippen LogP contribution in [-0.2, 0) is 4.79 Å².